The first-order valence-corrected chi connectivity index (χ1v) is 6.57. The molecule has 0 aliphatic heterocycles. The first-order valence-electron chi connectivity index (χ1n) is 3.07. The van der Waals surface area contributed by atoms with Crippen molar-refractivity contribution in [2.24, 2.45) is 0 Å². The van der Waals surface area contributed by atoms with Crippen molar-refractivity contribution in [2.75, 3.05) is 0 Å². The molecule has 7 heteroatoms. The minimum Gasteiger partial charge on any atom is -0.294 e. The Balaban J connectivity index is 3.46. The highest BCUT2D eigenvalue weighted by Gasteiger charge is 2.21. The molecule has 0 radical (unpaired) electrons. The van der Waals surface area contributed by atoms with Crippen molar-refractivity contribution in [1.29, 1.82) is 0 Å². The molecule has 13 heavy (non-hydrogen) atoms. The Kier molecular flexibility index (Phi) is 3.01. The molecule has 3 nitrogen and oxygen atoms in total. The highest BCUT2D eigenvalue weighted by atomic mass is 35.7. The number of hydrogen-bond donors (Lipinski definition) is 0. The molecule has 0 amide bonds. The second-order valence-corrected chi connectivity index (χ2v) is 6.69. The number of thiophene rings is 1. The van der Waals surface area contributed by atoms with Crippen LogP contribution in [0.15, 0.2) is 10.3 Å². The summed E-state index contributed by atoms with van der Waals surface area (Å²) in [6, 6.07) is 1.30. The lowest BCUT2D eigenvalue weighted by atomic mass is 10.2. The summed E-state index contributed by atoms with van der Waals surface area (Å²) in [6.07, 6.45) is 0. The molecule has 0 atom stereocenters. The fourth-order valence-corrected chi connectivity index (χ4v) is 3.58. The molecular formula is C6H4Cl2O3S2. The van der Waals surface area contributed by atoms with Gasteiger partial charge in [0.05, 0.1) is 4.34 Å². The van der Waals surface area contributed by atoms with Crippen molar-refractivity contribution in [1.82, 2.24) is 0 Å². The van der Waals surface area contributed by atoms with Gasteiger partial charge in [-0.3, -0.25) is 4.79 Å². The number of carbonyl (C=O) groups is 1. The Labute approximate surface area is 88.7 Å². The molecular weight excluding hydrogens is 255 g/mol. The average Bonchev–Trinajstić information content (AvgIpc) is 2.29. The van der Waals surface area contributed by atoms with Crippen LogP contribution >= 0.6 is 33.6 Å². The van der Waals surface area contributed by atoms with E-state index < -0.39 is 9.05 Å². The van der Waals surface area contributed by atoms with Crippen LogP contribution in [-0.2, 0) is 9.05 Å². The van der Waals surface area contributed by atoms with E-state index in [1.807, 2.05) is 0 Å². The van der Waals surface area contributed by atoms with Crippen molar-refractivity contribution in [3.05, 3.63) is 16.0 Å². The molecule has 1 rings (SSSR count). The first-order chi connectivity index (χ1) is 5.82. The second kappa shape index (κ2) is 3.57. The summed E-state index contributed by atoms with van der Waals surface area (Å²) in [4.78, 5) is 11.0. The number of hydrogen-bond acceptors (Lipinski definition) is 4. The van der Waals surface area contributed by atoms with Crippen LogP contribution in [0.4, 0.5) is 0 Å². The van der Waals surface area contributed by atoms with Crippen LogP contribution in [0.1, 0.15) is 17.3 Å². The third kappa shape index (κ3) is 2.43. The molecule has 0 bridgehead atoms. The highest BCUT2D eigenvalue weighted by Crippen LogP contribution is 2.33. The molecule has 0 spiro atoms. The van der Waals surface area contributed by atoms with E-state index in [2.05, 4.69) is 0 Å². The van der Waals surface area contributed by atoms with Crippen molar-refractivity contribution >= 4 is 48.5 Å². The van der Waals surface area contributed by atoms with Crippen LogP contribution in [0.5, 0.6) is 0 Å². The molecule has 0 aliphatic carbocycles. The number of Topliss-reactive ketones (excluding diaryl/α,β-unsaturated/α-hetero) is 1. The van der Waals surface area contributed by atoms with Gasteiger partial charge in [0.1, 0.15) is 4.21 Å². The van der Waals surface area contributed by atoms with Crippen LogP contribution in [0.25, 0.3) is 0 Å². The maximum atomic E-state index is 11.0. The maximum absolute atomic E-state index is 11.0. The molecule has 0 N–H and O–H groups in total. The molecule has 1 aromatic rings. The van der Waals surface area contributed by atoms with Crippen LogP contribution in [-0.4, -0.2) is 14.2 Å². The third-order valence-corrected chi connectivity index (χ3v) is 4.64. The van der Waals surface area contributed by atoms with Gasteiger partial charge < -0.3 is 0 Å². The van der Waals surface area contributed by atoms with Crippen molar-refractivity contribution in [2.45, 2.75) is 11.1 Å². The Hall–Kier alpha value is -0.100. The summed E-state index contributed by atoms with van der Waals surface area (Å²) in [5.41, 5.74) is 0.0463. The smallest absolute Gasteiger partial charge is 0.271 e. The number of halogens is 2. The largest absolute Gasteiger partial charge is 0.294 e. The minimum absolute atomic E-state index is 0.0463. The van der Waals surface area contributed by atoms with Crippen LogP contribution in [0.2, 0.25) is 4.34 Å². The van der Waals surface area contributed by atoms with E-state index in [-0.39, 0.29) is 19.9 Å². The zero-order valence-electron chi connectivity index (χ0n) is 6.37. The van der Waals surface area contributed by atoms with E-state index in [9.17, 15) is 13.2 Å². The monoisotopic (exact) mass is 258 g/mol. The Bertz CT molecular complexity index is 446. The van der Waals surface area contributed by atoms with Gasteiger partial charge in [-0.05, 0) is 13.0 Å². The van der Waals surface area contributed by atoms with Gasteiger partial charge in [0, 0.05) is 16.2 Å². The molecule has 0 aliphatic rings. The van der Waals surface area contributed by atoms with Crippen LogP contribution in [0, 0.1) is 0 Å². The lowest BCUT2D eigenvalue weighted by molar-refractivity contribution is 0.101. The van der Waals surface area contributed by atoms with Gasteiger partial charge >= 0.3 is 0 Å². The number of rotatable bonds is 2. The van der Waals surface area contributed by atoms with Crippen molar-refractivity contribution in [3.63, 3.8) is 0 Å². The molecule has 0 saturated heterocycles. The summed E-state index contributed by atoms with van der Waals surface area (Å²) in [5.74, 6) is -0.373. The van der Waals surface area contributed by atoms with Crippen LogP contribution < -0.4 is 0 Å². The van der Waals surface area contributed by atoms with Crippen molar-refractivity contribution in [3.8, 4) is 0 Å². The van der Waals surface area contributed by atoms with Gasteiger partial charge in [-0.2, -0.15) is 0 Å². The van der Waals surface area contributed by atoms with Gasteiger partial charge in [-0.15, -0.1) is 11.3 Å². The Morgan fingerprint density at radius 2 is 2.08 bits per heavy atom. The highest BCUT2D eigenvalue weighted by molar-refractivity contribution is 8.15. The molecule has 72 valence electrons. The van der Waals surface area contributed by atoms with E-state index >= 15 is 0 Å². The lowest BCUT2D eigenvalue weighted by Crippen LogP contribution is -1.97. The average molecular weight is 259 g/mol. The standard InChI is InChI=1S/C6H4Cl2O3S2/c1-3(9)4-2-5(7)12-6(4)13(8,10)11/h2H,1H3. The van der Waals surface area contributed by atoms with E-state index in [0.717, 1.165) is 11.3 Å². The van der Waals surface area contributed by atoms with E-state index in [4.69, 9.17) is 22.3 Å². The SMILES string of the molecule is CC(=O)c1cc(Cl)sc1S(=O)(=O)Cl. The first kappa shape index (κ1) is 11.0. The van der Waals surface area contributed by atoms with E-state index in [1.165, 1.54) is 13.0 Å². The normalized spacial score (nSPS) is 11.6. The van der Waals surface area contributed by atoms with E-state index in [1.54, 1.807) is 0 Å². The summed E-state index contributed by atoms with van der Waals surface area (Å²) < 4.78 is 21.9. The third-order valence-electron chi connectivity index (χ3n) is 1.27. The fourth-order valence-electron chi connectivity index (χ4n) is 0.772. The van der Waals surface area contributed by atoms with Crippen molar-refractivity contribution < 1.29 is 13.2 Å². The number of carbonyl (C=O) groups excluding carboxylic acids is 1. The topological polar surface area (TPSA) is 51.2 Å². The van der Waals surface area contributed by atoms with Gasteiger partial charge in [-0.1, -0.05) is 11.6 Å². The quantitative estimate of drug-likeness (QED) is 0.605. The summed E-state index contributed by atoms with van der Waals surface area (Å²) >= 11 is 6.33. The maximum Gasteiger partial charge on any atom is 0.271 e. The van der Waals surface area contributed by atoms with E-state index in [0.29, 0.717) is 0 Å². The zero-order chi connectivity index (χ0) is 10.2. The predicted octanol–water partition coefficient (Wildman–Crippen LogP) is 2.53. The van der Waals surface area contributed by atoms with Gasteiger partial charge in [0.15, 0.2) is 5.78 Å². The molecule has 1 aromatic heterocycles. The molecule has 0 unspecified atom stereocenters. The molecule has 0 saturated carbocycles. The van der Waals surface area contributed by atoms with Gasteiger partial charge in [0.25, 0.3) is 9.05 Å². The summed E-state index contributed by atoms with van der Waals surface area (Å²) in [6.45, 7) is 1.25. The Morgan fingerprint density at radius 3 is 2.38 bits per heavy atom. The minimum atomic E-state index is -3.87. The van der Waals surface area contributed by atoms with Crippen LogP contribution in [0.3, 0.4) is 0 Å². The zero-order valence-corrected chi connectivity index (χ0v) is 9.52. The molecule has 1 heterocycles. The second-order valence-electron chi connectivity index (χ2n) is 2.25. The Morgan fingerprint density at radius 1 is 1.54 bits per heavy atom. The fraction of sp³-hybridized carbons (Fsp3) is 0.167. The molecule has 0 fully saturated rings. The number of ketones is 1. The molecule has 0 aromatic carbocycles. The lowest BCUT2D eigenvalue weighted by Gasteiger charge is -1.93. The van der Waals surface area contributed by atoms with Gasteiger partial charge in [-0.25, -0.2) is 8.42 Å². The summed E-state index contributed by atoms with van der Waals surface area (Å²) in [7, 11) is 1.22. The predicted molar refractivity (Wildman–Crippen MR) is 52.4 cm³/mol. The summed E-state index contributed by atoms with van der Waals surface area (Å²) in [5, 5.41) is 0. The van der Waals surface area contributed by atoms with Gasteiger partial charge in [0.2, 0.25) is 0 Å².